The Balaban J connectivity index is 0.916. The van der Waals surface area contributed by atoms with Crippen LogP contribution in [0.3, 0.4) is 0 Å². The SMILES string of the molecule is c1ccc2c(c1)Sc1ccccc1[N+]2CCCCCCCCCC[N+]1c2ccccc2Sc2ccccc21. The molecule has 0 unspecified atom stereocenters. The fourth-order valence-electron chi connectivity index (χ4n) is 5.64. The molecule has 0 saturated carbocycles. The van der Waals surface area contributed by atoms with Crippen LogP contribution in [-0.4, -0.2) is 13.1 Å². The van der Waals surface area contributed by atoms with Gasteiger partial charge in [-0.1, -0.05) is 108 Å². The van der Waals surface area contributed by atoms with Crippen LogP contribution in [0.4, 0.5) is 22.7 Å². The number of fused-ring (bicyclic) bond motifs is 4. The Morgan fingerprint density at radius 1 is 0.342 bits per heavy atom. The zero-order valence-electron chi connectivity index (χ0n) is 22.0. The lowest BCUT2D eigenvalue weighted by molar-refractivity contribution is 0.529. The van der Waals surface area contributed by atoms with Gasteiger partial charge in [-0.15, -0.1) is 0 Å². The van der Waals surface area contributed by atoms with Crippen LogP contribution < -0.4 is 9.80 Å². The Labute approximate surface area is 236 Å². The van der Waals surface area contributed by atoms with Crippen LogP contribution in [0, 0.1) is 0 Å². The molecule has 4 aromatic rings. The van der Waals surface area contributed by atoms with Gasteiger partial charge in [-0.25, -0.2) is 0 Å². The summed E-state index contributed by atoms with van der Waals surface area (Å²) < 4.78 is 0. The molecule has 2 heterocycles. The maximum absolute atomic E-state index is 2.54. The standard InChI is InChI=1S/C34H36N2S2/c1(3-5-15-25-35-27-17-7-11-21-31(27)37-32-22-12-8-18-28(32)35)2-4-6-16-26-36-29-19-9-13-23-33(29)38-34-24-14-10-20-30(34)36/h7-14,17-24H,1-6,15-16,25-26H2/q+2. The molecule has 0 aromatic heterocycles. The highest BCUT2D eigenvalue weighted by molar-refractivity contribution is 8.00. The average Bonchev–Trinajstić information content (AvgIpc) is 2.97. The van der Waals surface area contributed by atoms with Gasteiger partial charge in [0, 0.05) is 37.1 Å². The van der Waals surface area contributed by atoms with E-state index in [1.165, 1.54) is 93.7 Å². The molecule has 0 bridgehead atoms. The van der Waals surface area contributed by atoms with E-state index < -0.39 is 0 Å². The van der Waals surface area contributed by atoms with Gasteiger partial charge in [0.05, 0.1) is 19.6 Å². The lowest BCUT2D eigenvalue weighted by Crippen LogP contribution is -2.23. The first-order valence-corrected chi connectivity index (χ1v) is 15.8. The Kier molecular flexibility index (Phi) is 8.52. The predicted octanol–water partition coefficient (Wildman–Crippen LogP) is 10.6. The van der Waals surface area contributed by atoms with Gasteiger partial charge < -0.3 is 0 Å². The van der Waals surface area contributed by atoms with Gasteiger partial charge in [0.25, 0.3) is 0 Å². The first-order valence-electron chi connectivity index (χ1n) is 14.2. The summed E-state index contributed by atoms with van der Waals surface area (Å²) in [6, 6.07) is 35.4. The Morgan fingerprint density at radius 3 is 0.921 bits per heavy atom. The number of anilines is 4. The molecule has 2 aliphatic heterocycles. The van der Waals surface area contributed by atoms with Crippen molar-refractivity contribution < 1.29 is 0 Å². The minimum Gasteiger partial charge on any atom is -0.0952 e. The molecule has 0 spiro atoms. The maximum atomic E-state index is 2.54. The third kappa shape index (κ3) is 5.74. The van der Waals surface area contributed by atoms with Gasteiger partial charge in [-0.05, 0) is 37.1 Å². The van der Waals surface area contributed by atoms with Crippen LogP contribution in [0.15, 0.2) is 117 Å². The first-order chi connectivity index (χ1) is 18.9. The first kappa shape index (κ1) is 25.8. The van der Waals surface area contributed by atoms with Crippen molar-refractivity contribution in [2.24, 2.45) is 0 Å². The highest BCUT2D eigenvalue weighted by atomic mass is 32.2. The second kappa shape index (κ2) is 12.6. The Bertz CT molecular complexity index is 1170. The minimum absolute atomic E-state index is 1.10. The number of rotatable bonds is 11. The van der Waals surface area contributed by atoms with E-state index in [1.807, 2.05) is 23.5 Å². The maximum Gasteiger partial charge on any atom is 0.200 e. The largest absolute Gasteiger partial charge is 0.200 e. The molecule has 6 rings (SSSR count). The van der Waals surface area contributed by atoms with Gasteiger partial charge in [0.1, 0.15) is 13.1 Å². The number of benzene rings is 4. The fraction of sp³-hybridized carbons (Fsp3) is 0.294. The number of nitrogens with zero attached hydrogens (tertiary/aromatic N) is 2. The second-order valence-corrected chi connectivity index (χ2v) is 12.4. The van der Waals surface area contributed by atoms with E-state index in [1.54, 1.807) is 0 Å². The van der Waals surface area contributed by atoms with E-state index in [4.69, 9.17) is 0 Å². The van der Waals surface area contributed by atoms with E-state index in [0.717, 1.165) is 13.1 Å². The van der Waals surface area contributed by atoms with Gasteiger partial charge in [-0.2, -0.15) is 0 Å². The van der Waals surface area contributed by atoms with Crippen molar-refractivity contribution in [1.82, 2.24) is 9.80 Å². The molecule has 0 aliphatic carbocycles. The van der Waals surface area contributed by atoms with Crippen molar-refractivity contribution in [3.8, 4) is 0 Å². The highest BCUT2D eigenvalue weighted by Crippen LogP contribution is 2.48. The summed E-state index contributed by atoms with van der Waals surface area (Å²) in [5, 5.41) is 0. The zero-order chi connectivity index (χ0) is 25.6. The molecule has 2 radical (unpaired) electrons. The molecule has 192 valence electrons. The molecule has 0 saturated heterocycles. The van der Waals surface area contributed by atoms with Crippen LogP contribution >= 0.6 is 23.5 Å². The summed E-state index contributed by atoms with van der Waals surface area (Å²) in [6.45, 7) is 2.21. The van der Waals surface area contributed by atoms with E-state index in [9.17, 15) is 0 Å². The quantitative estimate of drug-likeness (QED) is 0.140. The second-order valence-electron chi connectivity index (χ2n) is 10.2. The van der Waals surface area contributed by atoms with Crippen molar-refractivity contribution >= 4 is 46.3 Å². The molecule has 0 atom stereocenters. The summed E-state index contributed by atoms with van der Waals surface area (Å²) in [4.78, 5) is 10.6. The summed E-state index contributed by atoms with van der Waals surface area (Å²) in [6.07, 6.45) is 10.5. The molecule has 0 amide bonds. The van der Waals surface area contributed by atoms with Crippen LogP contribution in [-0.2, 0) is 0 Å². The average molecular weight is 537 g/mol. The summed E-state index contributed by atoms with van der Waals surface area (Å²) in [5.74, 6) is 0. The number of hydrogen-bond donors (Lipinski definition) is 0. The van der Waals surface area contributed by atoms with Crippen molar-refractivity contribution in [2.75, 3.05) is 13.1 Å². The lowest BCUT2D eigenvalue weighted by Gasteiger charge is -2.21. The van der Waals surface area contributed by atoms with Crippen LogP contribution in [0.5, 0.6) is 0 Å². The molecule has 2 nitrogen and oxygen atoms in total. The van der Waals surface area contributed by atoms with Crippen molar-refractivity contribution in [3.05, 3.63) is 97.1 Å². The van der Waals surface area contributed by atoms with Gasteiger partial charge >= 0.3 is 0 Å². The van der Waals surface area contributed by atoms with Crippen LogP contribution in [0.25, 0.3) is 0 Å². The number of para-hydroxylation sites is 4. The third-order valence-corrected chi connectivity index (χ3v) is 9.84. The Hall–Kier alpha value is -2.50. The smallest absolute Gasteiger partial charge is 0.0952 e. The molecule has 38 heavy (non-hydrogen) atoms. The van der Waals surface area contributed by atoms with Gasteiger partial charge in [-0.3, -0.25) is 0 Å². The molecule has 4 heteroatoms. The highest BCUT2D eigenvalue weighted by Gasteiger charge is 2.34. The molecule has 4 aromatic carbocycles. The summed E-state index contributed by atoms with van der Waals surface area (Å²) >= 11 is 3.80. The van der Waals surface area contributed by atoms with Crippen molar-refractivity contribution in [1.29, 1.82) is 0 Å². The summed E-state index contributed by atoms with van der Waals surface area (Å²) in [5.41, 5.74) is 5.48. The predicted molar refractivity (Wildman–Crippen MR) is 164 cm³/mol. The van der Waals surface area contributed by atoms with Gasteiger partial charge in [0.15, 0.2) is 0 Å². The van der Waals surface area contributed by atoms with Crippen LogP contribution in [0.1, 0.15) is 51.4 Å². The molecule has 2 aliphatic rings. The van der Waals surface area contributed by atoms with Crippen molar-refractivity contribution in [2.45, 2.75) is 70.9 Å². The van der Waals surface area contributed by atoms with Gasteiger partial charge in [0.2, 0.25) is 22.7 Å². The normalized spacial score (nSPS) is 14.4. The Morgan fingerprint density at radius 2 is 0.605 bits per heavy atom. The molecule has 0 N–H and O–H groups in total. The summed E-state index contributed by atoms with van der Waals surface area (Å²) in [7, 11) is 0. The monoisotopic (exact) mass is 536 g/mol. The zero-order valence-corrected chi connectivity index (χ0v) is 23.7. The van der Waals surface area contributed by atoms with E-state index in [0.29, 0.717) is 0 Å². The van der Waals surface area contributed by atoms with E-state index >= 15 is 0 Å². The van der Waals surface area contributed by atoms with E-state index in [2.05, 4.69) is 107 Å². The lowest BCUT2D eigenvalue weighted by atomic mass is 10.1. The minimum atomic E-state index is 1.10. The number of hydrogen-bond acceptors (Lipinski definition) is 4. The number of unbranched alkanes of at least 4 members (excludes halogenated alkanes) is 7. The third-order valence-electron chi connectivity index (χ3n) is 7.58. The molecular formula is C34H36N2S2+2. The van der Waals surface area contributed by atoms with Crippen LogP contribution in [0.2, 0.25) is 0 Å². The fourth-order valence-corrected chi connectivity index (χ4v) is 7.84. The van der Waals surface area contributed by atoms with E-state index in [-0.39, 0.29) is 0 Å². The van der Waals surface area contributed by atoms with Crippen molar-refractivity contribution in [3.63, 3.8) is 0 Å². The molecule has 0 fully saturated rings. The topological polar surface area (TPSA) is 11.8 Å². The molecular weight excluding hydrogens is 501 g/mol.